The van der Waals surface area contributed by atoms with E-state index in [2.05, 4.69) is 0 Å². The average Bonchev–Trinajstić information content (AvgIpc) is 2.20. The summed E-state index contributed by atoms with van der Waals surface area (Å²) >= 11 is 0.946. The maximum Gasteiger partial charge on any atom is 0.144 e. The van der Waals surface area contributed by atoms with Gasteiger partial charge in [0.15, 0.2) is 0 Å². The van der Waals surface area contributed by atoms with Crippen LogP contribution < -0.4 is 0 Å². The minimum absolute atomic E-state index is 0.0362. The molecule has 0 bridgehead atoms. The fourth-order valence-electron chi connectivity index (χ4n) is 1.17. The van der Waals surface area contributed by atoms with Gasteiger partial charge in [-0.3, -0.25) is 4.79 Å². The third-order valence-corrected chi connectivity index (χ3v) is 2.87. The van der Waals surface area contributed by atoms with Crippen LogP contribution in [0, 0.1) is 16.5 Å². The van der Waals surface area contributed by atoms with Crippen molar-refractivity contribution in [1.29, 1.82) is 5.26 Å². The summed E-state index contributed by atoms with van der Waals surface area (Å²) in [5, 5.41) is 10.1. The maximum absolute atomic E-state index is 12.6. The van der Waals surface area contributed by atoms with Crippen molar-refractivity contribution in [3.05, 3.63) is 35.6 Å². The molecule has 0 aliphatic rings. The number of carbonyl (C=O) groups excluding carboxylic acids is 1. The Hall–Kier alpha value is -1.34. The molecule has 0 saturated carbocycles. The van der Waals surface area contributed by atoms with Crippen molar-refractivity contribution in [3.63, 3.8) is 0 Å². The van der Waals surface area contributed by atoms with Gasteiger partial charge in [-0.15, -0.1) is 0 Å². The number of rotatable bonds is 4. The molecule has 0 fully saturated rings. The highest BCUT2D eigenvalue weighted by atomic mass is 32.2. The molecule has 1 aromatic carbocycles. The lowest BCUT2D eigenvalue weighted by Crippen LogP contribution is -2.15. The molecule has 0 heterocycles. The first-order valence-electron chi connectivity index (χ1n) is 4.43. The van der Waals surface area contributed by atoms with Crippen LogP contribution in [0.4, 0.5) is 4.39 Å². The molecule has 2 nitrogen and oxygen atoms in total. The smallest absolute Gasteiger partial charge is 0.144 e. The second kappa shape index (κ2) is 5.52. The maximum atomic E-state index is 12.6. The summed E-state index contributed by atoms with van der Waals surface area (Å²) in [6, 6.07) is 5.96. The molecule has 0 aliphatic carbocycles. The average molecular weight is 223 g/mol. The van der Waals surface area contributed by atoms with Gasteiger partial charge in [-0.1, -0.05) is 12.1 Å². The number of nitrogens with zero attached hydrogens (tertiary/aromatic N) is 1. The molecule has 0 aromatic heterocycles. The van der Waals surface area contributed by atoms with Crippen LogP contribution in [-0.2, 0) is 11.2 Å². The number of Topliss-reactive ketones (excluding diaryl/α,β-unsaturated/α-hetero) is 1. The molecule has 1 aromatic rings. The van der Waals surface area contributed by atoms with Gasteiger partial charge in [0.05, 0.1) is 5.25 Å². The predicted molar refractivity (Wildman–Crippen MR) is 57.8 cm³/mol. The zero-order valence-electron chi connectivity index (χ0n) is 8.24. The number of thiocyanates is 1. The van der Waals surface area contributed by atoms with Crippen molar-refractivity contribution in [2.75, 3.05) is 0 Å². The monoisotopic (exact) mass is 223 g/mol. The molecular weight excluding hydrogens is 213 g/mol. The molecule has 0 amide bonds. The van der Waals surface area contributed by atoms with Crippen LogP contribution in [0.2, 0.25) is 0 Å². The van der Waals surface area contributed by atoms with E-state index in [0.29, 0.717) is 6.42 Å². The first-order chi connectivity index (χ1) is 7.13. The summed E-state index contributed by atoms with van der Waals surface area (Å²) in [6.45, 7) is 1.46. The number of thioether (sulfide) groups is 1. The van der Waals surface area contributed by atoms with Crippen LogP contribution >= 0.6 is 11.8 Å². The van der Waals surface area contributed by atoms with Crippen LogP contribution in [0.5, 0.6) is 0 Å². The third-order valence-electron chi connectivity index (χ3n) is 1.98. The van der Waals surface area contributed by atoms with Gasteiger partial charge in [0, 0.05) is 0 Å². The Kier molecular flexibility index (Phi) is 4.32. The largest absolute Gasteiger partial charge is 0.299 e. The van der Waals surface area contributed by atoms with Crippen molar-refractivity contribution in [2.24, 2.45) is 0 Å². The predicted octanol–water partition coefficient (Wildman–Crippen LogP) is 2.54. The number of nitriles is 1. The van der Waals surface area contributed by atoms with E-state index in [0.717, 1.165) is 17.3 Å². The van der Waals surface area contributed by atoms with E-state index in [4.69, 9.17) is 5.26 Å². The zero-order chi connectivity index (χ0) is 11.3. The van der Waals surface area contributed by atoms with E-state index < -0.39 is 0 Å². The van der Waals surface area contributed by atoms with E-state index >= 15 is 0 Å². The molecule has 15 heavy (non-hydrogen) atoms. The van der Waals surface area contributed by atoms with Crippen LogP contribution in [-0.4, -0.2) is 11.0 Å². The van der Waals surface area contributed by atoms with Gasteiger partial charge in [-0.25, -0.2) is 4.39 Å². The number of hydrogen-bond donors (Lipinski definition) is 0. The van der Waals surface area contributed by atoms with Crippen molar-refractivity contribution >= 4 is 17.5 Å². The fourth-order valence-corrected chi connectivity index (χ4v) is 1.74. The van der Waals surface area contributed by atoms with Gasteiger partial charge < -0.3 is 0 Å². The molecule has 78 valence electrons. The van der Waals surface area contributed by atoms with Gasteiger partial charge in [-0.2, -0.15) is 5.26 Å². The number of carbonyl (C=O) groups is 1. The molecule has 0 aliphatic heterocycles. The van der Waals surface area contributed by atoms with Gasteiger partial charge in [-0.05, 0) is 42.8 Å². The molecule has 0 spiro atoms. The Bertz CT molecular complexity index is 383. The second-order valence-corrected chi connectivity index (χ2v) is 4.13. The normalized spacial score (nSPS) is 11.8. The Morgan fingerprint density at radius 2 is 2.13 bits per heavy atom. The molecule has 0 N–H and O–H groups in total. The van der Waals surface area contributed by atoms with Crippen molar-refractivity contribution in [1.82, 2.24) is 0 Å². The Morgan fingerprint density at radius 1 is 1.53 bits per heavy atom. The Labute approximate surface area is 92.1 Å². The van der Waals surface area contributed by atoms with Crippen LogP contribution in [0.25, 0.3) is 0 Å². The SMILES string of the molecule is CC(=O)[C@@H](Cc1ccc(F)cc1)SC#N. The van der Waals surface area contributed by atoms with Crippen molar-refractivity contribution in [2.45, 2.75) is 18.6 Å². The van der Waals surface area contributed by atoms with E-state index in [9.17, 15) is 9.18 Å². The van der Waals surface area contributed by atoms with E-state index in [1.54, 1.807) is 12.1 Å². The highest BCUT2D eigenvalue weighted by molar-refractivity contribution is 8.04. The van der Waals surface area contributed by atoms with E-state index in [-0.39, 0.29) is 16.9 Å². The van der Waals surface area contributed by atoms with Crippen LogP contribution in [0.1, 0.15) is 12.5 Å². The fraction of sp³-hybridized carbons (Fsp3) is 0.273. The van der Waals surface area contributed by atoms with Gasteiger partial charge in [0.2, 0.25) is 0 Å². The molecule has 0 radical (unpaired) electrons. The minimum Gasteiger partial charge on any atom is -0.299 e. The minimum atomic E-state index is -0.361. The van der Waals surface area contributed by atoms with Crippen molar-refractivity contribution < 1.29 is 9.18 Å². The summed E-state index contributed by atoms with van der Waals surface area (Å²) in [4.78, 5) is 11.2. The van der Waals surface area contributed by atoms with Crippen molar-refractivity contribution in [3.8, 4) is 5.40 Å². The van der Waals surface area contributed by atoms with Gasteiger partial charge in [0.1, 0.15) is 17.0 Å². The lowest BCUT2D eigenvalue weighted by Gasteiger charge is -2.08. The van der Waals surface area contributed by atoms with Crippen LogP contribution in [0.3, 0.4) is 0 Å². The molecule has 1 atom stereocenters. The summed E-state index contributed by atoms with van der Waals surface area (Å²) in [6.07, 6.45) is 0.466. The first kappa shape index (κ1) is 11.7. The molecule has 4 heteroatoms. The van der Waals surface area contributed by atoms with E-state index in [1.165, 1.54) is 19.1 Å². The summed E-state index contributed by atoms with van der Waals surface area (Å²) in [5.41, 5.74) is 0.861. The zero-order valence-corrected chi connectivity index (χ0v) is 9.05. The summed E-state index contributed by atoms with van der Waals surface area (Å²) in [7, 11) is 0. The third kappa shape index (κ3) is 3.72. The lowest BCUT2D eigenvalue weighted by molar-refractivity contribution is -0.116. The topological polar surface area (TPSA) is 40.9 Å². The van der Waals surface area contributed by atoms with E-state index in [1.807, 2.05) is 5.40 Å². The van der Waals surface area contributed by atoms with Gasteiger partial charge in [0.25, 0.3) is 0 Å². The number of benzene rings is 1. The quantitative estimate of drug-likeness (QED) is 0.736. The van der Waals surface area contributed by atoms with Crippen LogP contribution in [0.15, 0.2) is 24.3 Å². The number of hydrogen-bond acceptors (Lipinski definition) is 3. The highest BCUT2D eigenvalue weighted by Crippen LogP contribution is 2.16. The highest BCUT2D eigenvalue weighted by Gasteiger charge is 2.15. The first-order valence-corrected chi connectivity index (χ1v) is 5.31. The molecule has 0 saturated heterocycles. The second-order valence-electron chi connectivity index (χ2n) is 3.14. The molecule has 0 unspecified atom stereocenters. The Balaban J connectivity index is 2.70. The molecule has 1 rings (SSSR count). The molecular formula is C11H10FNOS. The van der Waals surface area contributed by atoms with Gasteiger partial charge >= 0.3 is 0 Å². The number of halogens is 1. The lowest BCUT2D eigenvalue weighted by atomic mass is 10.1. The number of ketones is 1. The summed E-state index contributed by atoms with van der Waals surface area (Å²) < 4.78 is 12.6. The standard InChI is InChI=1S/C11H10FNOS/c1-8(14)11(15-7-13)6-9-2-4-10(12)5-3-9/h2-5,11H,6H2,1H3/t11-/m1/s1. The Morgan fingerprint density at radius 3 is 2.60 bits per heavy atom. The summed E-state index contributed by atoms with van der Waals surface area (Å²) in [5.74, 6) is -0.336.